The van der Waals surface area contributed by atoms with Crippen molar-refractivity contribution in [2.24, 2.45) is 0 Å². The summed E-state index contributed by atoms with van der Waals surface area (Å²) in [4.78, 5) is 4.64. The van der Waals surface area contributed by atoms with Gasteiger partial charge in [-0.05, 0) is 59.4 Å². The van der Waals surface area contributed by atoms with Gasteiger partial charge in [-0.3, -0.25) is 4.98 Å². The fourth-order valence-electron chi connectivity index (χ4n) is 4.51. The number of para-hydroxylation sites is 1. The van der Waals surface area contributed by atoms with Crippen molar-refractivity contribution in [2.75, 3.05) is 0 Å². The van der Waals surface area contributed by atoms with Gasteiger partial charge >= 0.3 is 0 Å². The van der Waals surface area contributed by atoms with Gasteiger partial charge < -0.3 is 4.42 Å². The molecule has 1 unspecified atom stereocenters. The lowest BCUT2D eigenvalue weighted by atomic mass is 9.92. The first-order valence-electron chi connectivity index (χ1n) is 13.3. The molecule has 0 bridgehead atoms. The van der Waals surface area contributed by atoms with Crippen LogP contribution >= 0.6 is 0 Å². The summed E-state index contributed by atoms with van der Waals surface area (Å²) in [7, 11) is 0. The number of hydrogen-bond acceptors (Lipinski definition) is 2. The van der Waals surface area contributed by atoms with Crippen LogP contribution < -0.4 is 0 Å². The maximum atomic E-state index is 9.09. The van der Waals surface area contributed by atoms with Crippen LogP contribution in [0.3, 0.4) is 0 Å². The molecule has 0 spiro atoms. The molecule has 0 N–H and O–H groups in total. The number of fused-ring (bicyclic) bond motifs is 3. The smallest absolute Gasteiger partial charge is 0.144 e. The Morgan fingerprint density at radius 2 is 1.59 bits per heavy atom. The molecule has 0 aliphatic carbocycles. The van der Waals surface area contributed by atoms with E-state index in [4.69, 9.17) is 9.90 Å². The third-order valence-electron chi connectivity index (χ3n) is 6.39. The van der Waals surface area contributed by atoms with E-state index in [1.807, 2.05) is 91.9 Å². The third kappa shape index (κ3) is 3.58. The van der Waals surface area contributed by atoms with Gasteiger partial charge in [0.1, 0.15) is 11.2 Å². The molecule has 0 saturated carbocycles. The summed E-state index contributed by atoms with van der Waals surface area (Å²) < 4.78 is 38.3. The highest BCUT2D eigenvalue weighted by Crippen LogP contribution is 2.37. The molecule has 0 fully saturated rings. The summed E-state index contributed by atoms with van der Waals surface area (Å²) in [6.45, 7) is -0.223. The second-order valence-electron chi connectivity index (χ2n) is 8.49. The zero-order valence-corrected chi connectivity index (χ0v) is 18.7. The summed E-state index contributed by atoms with van der Waals surface area (Å²) in [5.41, 5.74) is 7.14. The molecule has 0 amide bonds. The number of pyridine rings is 1. The van der Waals surface area contributed by atoms with Gasteiger partial charge in [0, 0.05) is 33.9 Å². The number of hydrogen-bond donors (Lipinski definition) is 0. The van der Waals surface area contributed by atoms with E-state index in [0.29, 0.717) is 5.56 Å². The van der Waals surface area contributed by atoms with Crippen LogP contribution in [0.2, 0.25) is 0 Å². The first-order valence-corrected chi connectivity index (χ1v) is 11.3. The van der Waals surface area contributed by atoms with Gasteiger partial charge in [-0.1, -0.05) is 85.3 Å². The molecule has 0 radical (unpaired) electrons. The second-order valence-corrected chi connectivity index (χ2v) is 8.49. The fraction of sp³-hybridized carbons (Fsp3) is 0.0938. The SMILES string of the molecule is [2H]C([2H])([2H])c1ccc(-c2ccc3oc4c(-c5cc(C([2H])(C)c6ccccc6)ccn5)cccc4c3c2)cc1. The molecule has 0 aliphatic heterocycles. The van der Waals surface area contributed by atoms with Crippen molar-refractivity contribution in [3.63, 3.8) is 0 Å². The first kappa shape index (κ1) is 16.4. The Balaban J connectivity index is 1.43. The van der Waals surface area contributed by atoms with Crippen LogP contribution in [0.4, 0.5) is 0 Å². The third-order valence-corrected chi connectivity index (χ3v) is 6.39. The summed E-state index contributed by atoms with van der Waals surface area (Å²) in [6.07, 6.45) is 1.75. The van der Waals surface area contributed by atoms with Crippen molar-refractivity contribution in [3.8, 4) is 22.4 Å². The van der Waals surface area contributed by atoms with Crippen molar-refractivity contribution in [3.05, 3.63) is 126 Å². The standard InChI is InChI=1S/C32H25NO/c1-21-11-13-24(14-12-21)26-15-16-31-29(19-26)27-9-6-10-28(32(27)34-31)30-20-25(17-18-33-30)22(2)23-7-4-3-5-8-23/h3-20,22H,1-2H3/i1D3,22D. The molecule has 2 heteroatoms. The van der Waals surface area contributed by atoms with Gasteiger partial charge in [-0.15, -0.1) is 0 Å². The Bertz CT molecular complexity index is 1770. The molecule has 0 aliphatic rings. The molecule has 2 aromatic heterocycles. The van der Waals surface area contributed by atoms with Crippen LogP contribution in [0.5, 0.6) is 0 Å². The monoisotopic (exact) mass is 443 g/mol. The van der Waals surface area contributed by atoms with E-state index in [2.05, 4.69) is 11.1 Å². The van der Waals surface area contributed by atoms with Crippen molar-refractivity contribution in [2.45, 2.75) is 19.7 Å². The summed E-state index contributed by atoms with van der Waals surface area (Å²) in [6, 6.07) is 32.7. The lowest BCUT2D eigenvalue weighted by Crippen LogP contribution is -1.97. The Hall–Kier alpha value is -4.17. The highest BCUT2D eigenvalue weighted by atomic mass is 16.3. The highest BCUT2D eigenvalue weighted by molar-refractivity contribution is 6.10. The van der Waals surface area contributed by atoms with Crippen LogP contribution in [0.25, 0.3) is 44.3 Å². The second kappa shape index (κ2) is 8.31. The van der Waals surface area contributed by atoms with E-state index in [-0.39, 0.29) is 0 Å². The van der Waals surface area contributed by atoms with Gasteiger partial charge in [0.25, 0.3) is 0 Å². The summed E-state index contributed by atoms with van der Waals surface area (Å²) in [5.74, 6) is -0.926. The van der Waals surface area contributed by atoms with Gasteiger partial charge in [0.2, 0.25) is 0 Å². The quantitative estimate of drug-likeness (QED) is 0.272. The largest absolute Gasteiger partial charge is 0.455 e. The average Bonchev–Trinajstić information content (AvgIpc) is 3.31. The molecule has 2 heterocycles. The molecule has 164 valence electrons. The van der Waals surface area contributed by atoms with Crippen LogP contribution in [0.15, 0.2) is 114 Å². The van der Waals surface area contributed by atoms with Gasteiger partial charge in [-0.25, -0.2) is 0 Å². The Kier molecular flexibility index (Phi) is 4.02. The van der Waals surface area contributed by atoms with Crippen LogP contribution in [0.1, 0.15) is 35.0 Å². The van der Waals surface area contributed by atoms with Gasteiger partial charge in [0.05, 0.1) is 5.69 Å². The molecule has 2 nitrogen and oxygen atoms in total. The number of rotatable bonds is 4. The number of nitrogens with zero attached hydrogens (tertiary/aromatic N) is 1. The molecule has 4 aromatic carbocycles. The van der Waals surface area contributed by atoms with E-state index in [0.717, 1.165) is 55.4 Å². The van der Waals surface area contributed by atoms with Crippen molar-refractivity contribution in [1.82, 2.24) is 4.98 Å². The minimum Gasteiger partial charge on any atom is -0.455 e. The molecular formula is C32H25NO. The molecular weight excluding hydrogens is 414 g/mol. The molecule has 6 aromatic rings. The minimum atomic E-state index is -2.12. The van der Waals surface area contributed by atoms with Crippen molar-refractivity contribution in [1.29, 1.82) is 0 Å². The van der Waals surface area contributed by atoms with E-state index >= 15 is 0 Å². The van der Waals surface area contributed by atoms with Crippen molar-refractivity contribution < 1.29 is 9.90 Å². The van der Waals surface area contributed by atoms with Gasteiger partial charge in [0.15, 0.2) is 0 Å². The Labute approximate surface area is 205 Å². The number of furan rings is 1. The Morgan fingerprint density at radius 3 is 2.41 bits per heavy atom. The van der Waals surface area contributed by atoms with Crippen LogP contribution in [-0.4, -0.2) is 4.98 Å². The summed E-state index contributed by atoms with van der Waals surface area (Å²) >= 11 is 0. The van der Waals surface area contributed by atoms with Crippen molar-refractivity contribution >= 4 is 21.9 Å². The van der Waals surface area contributed by atoms with E-state index in [1.165, 1.54) is 0 Å². The first-order chi connectivity index (χ1) is 18.2. The van der Waals surface area contributed by atoms with E-state index in [1.54, 1.807) is 18.3 Å². The maximum Gasteiger partial charge on any atom is 0.144 e. The lowest BCUT2D eigenvalue weighted by molar-refractivity contribution is 0.670. The maximum absolute atomic E-state index is 9.09. The van der Waals surface area contributed by atoms with Crippen LogP contribution in [-0.2, 0) is 0 Å². The predicted octanol–water partition coefficient (Wildman–Crippen LogP) is 8.78. The molecule has 6 rings (SSSR count). The highest BCUT2D eigenvalue weighted by Gasteiger charge is 2.15. The topological polar surface area (TPSA) is 26.0 Å². The van der Waals surface area contributed by atoms with E-state index in [9.17, 15) is 0 Å². The fourth-order valence-corrected chi connectivity index (χ4v) is 4.51. The summed E-state index contributed by atoms with van der Waals surface area (Å²) in [5, 5.41) is 1.95. The number of aromatic nitrogens is 1. The molecule has 1 atom stereocenters. The van der Waals surface area contributed by atoms with Crippen LogP contribution in [0, 0.1) is 6.85 Å². The van der Waals surface area contributed by atoms with Gasteiger partial charge in [-0.2, -0.15) is 0 Å². The number of benzene rings is 4. The average molecular weight is 444 g/mol. The zero-order valence-electron chi connectivity index (χ0n) is 22.7. The molecule has 0 saturated heterocycles. The Morgan fingerprint density at radius 1 is 0.765 bits per heavy atom. The zero-order chi connectivity index (χ0) is 26.5. The normalized spacial score (nSPS) is 15.3. The molecule has 34 heavy (non-hydrogen) atoms. The number of aryl methyl sites for hydroxylation is 1. The lowest BCUT2D eigenvalue weighted by Gasteiger charge is -2.13. The predicted molar refractivity (Wildman–Crippen MR) is 141 cm³/mol. The minimum absolute atomic E-state index is 0.325. The van der Waals surface area contributed by atoms with E-state index < -0.39 is 12.7 Å².